The van der Waals surface area contributed by atoms with Crippen molar-refractivity contribution in [1.29, 1.82) is 0 Å². The topological polar surface area (TPSA) is 66.8 Å². The molecule has 0 aliphatic heterocycles. The zero-order valence-electron chi connectivity index (χ0n) is 12.5. The van der Waals surface area contributed by atoms with Crippen molar-refractivity contribution in [3.05, 3.63) is 35.6 Å². The van der Waals surface area contributed by atoms with Gasteiger partial charge in [-0.3, -0.25) is 0 Å². The van der Waals surface area contributed by atoms with Crippen molar-refractivity contribution in [3.63, 3.8) is 0 Å². The summed E-state index contributed by atoms with van der Waals surface area (Å²) in [6, 6.07) is 7.89. The maximum atomic E-state index is 5.81. The molecule has 0 aliphatic carbocycles. The van der Waals surface area contributed by atoms with Crippen LogP contribution in [0, 0.1) is 0 Å². The van der Waals surface area contributed by atoms with Gasteiger partial charge in [0.05, 0.1) is 13.2 Å². The Labute approximate surface area is 125 Å². The van der Waals surface area contributed by atoms with Gasteiger partial charge in [0.1, 0.15) is 18.0 Å². The highest BCUT2D eigenvalue weighted by Gasteiger charge is 2.12. The lowest BCUT2D eigenvalue weighted by Crippen LogP contribution is -2.07. The van der Waals surface area contributed by atoms with Gasteiger partial charge in [-0.2, -0.15) is 0 Å². The molecule has 21 heavy (non-hydrogen) atoms. The van der Waals surface area contributed by atoms with Gasteiger partial charge in [-0.25, -0.2) is 0 Å². The number of benzene rings is 1. The number of hydrogen-bond acceptors (Lipinski definition) is 5. The fourth-order valence-electron chi connectivity index (χ4n) is 2.18. The monoisotopic (exact) mass is 293 g/mol. The Morgan fingerprint density at radius 1 is 1.05 bits per heavy atom. The van der Waals surface area contributed by atoms with Crippen LogP contribution in [0.4, 0.5) is 0 Å². The summed E-state index contributed by atoms with van der Waals surface area (Å²) in [7, 11) is 1.69. The van der Waals surface area contributed by atoms with Crippen molar-refractivity contribution in [2.45, 2.75) is 19.6 Å². The first-order valence-electron chi connectivity index (χ1n) is 7.20. The van der Waals surface area contributed by atoms with E-state index in [1.54, 1.807) is 7.11 Å². The molecule has 2 aromatic rings. The molecule has 0 amide bonds. The summed E-state index contributed by atoms with van der Waals surface area (Å²) in [5.41, 5.74) is 7.68. The summed E-state index contributed by atoms with van der Waals surface area (Å²) in [6.07, 6.45) is 0.900. The SMILES string of the molecule is COCCCOCCOCc1oc2ccccc2c1CN. The van der Waals surface area contributed by atoms with Crippen molar-refractivity contribution < 1.29 is 18.6 Å². The molecular weight excluding hydrogens is 270 g/mol. The number of methoxy groups -OCH3 is 1. The molecule has 2 rings (SSSR count). The first-order valence-corrected chi connectivity index (χ1v) is 7.20. The Morgan fingerprint density at radius 3 is 2.67 bits per heavy atom. The van der Waals surface area contributed by atoms with Crippen LogP contribution in [0.1, 0.15) is 17.7 Å². The Kier molecular flexibility index (Phi) is 6.69. The molecule has 5 nitrogen and oxygen atoms in total. The smallest absolute Gasteiger partial charge is 0.135 e. The molecule has 1 aromatic heterocycles. The zero-order valence-corrected chi connectivity index (χ0v) is 12.5. The maximum Gasteiger partial charge on any atom is 0.135 e. The van der Waals surface area contributed by atoms with E-state index in [2.05, 4.69) is 0 Å². The number of fused-ring (bicyclic) bond motifs is 1. The fraction of sp³-hybridized carbons (Fsp3) is 0.500. The van der Waals surface area contributed by atoms with Crippen molar-refractivity contribution in [1.82, 2.24) is 0 Å². The van der Waals surface area contributed by atoms with Crippen LogP contribution in [-0.2, 0) is 27.4 Å². The number of para-hydroxylation sites is 1. The van der Waals surface area contributed by atoms with Crippen molar-refractivity contribution in [2.24, 2.45) is 5.73 Å². The van der Waals surface area contributed by atoms with E-state index in [9.17, 15) is 0 Å². The minimum absolute atomic E-state index is 0.419. The lowest BCUT2D eigenvalue weighted by molar-refractivity contribution is 0.0288. The minimum atomic E-state index is 0.419. The summed E-state index contributed by atoms with van der Waals surface area (Å²) in [4.78, 5) is 0. The molecule has 1 aromatic carbocycles. The quantitative estimate of drug-likeness (QED) is 0.682. The summed E-state index contributed by atoms with van der Waals surface area (Å²) in [6.45, 7) is 3.39. The lowest BCUT2D eigenvalue weighted by atomic mass is 10.1. The number of rotatable bonds is 10. The van der Waals surface area contributed by atoms with E-state index in [0.29, 0.717) is 33.0 Å². The van der Waals surface area contributed by atoms with Crippen molar-refractivity contribution in [3.8, 4) is 0 Å². The number of furan rings is 1. The maximum absolute atomic E-state index is 5.81. The number of ether oxygens (including phenoxy) is 3. The van der Waals surface area contributed by atoms with Crippen LogP contribution in [0.2, 0.25) is 0 Å². The molecule has 0 radical (unpaired) electrons. The van der Waals surface area contributed by atoms with Crippen LogP contribution in [-0.4, -0.2) is 33.5 Å². The highest BCUT2D eigenvalue weighted by atomic mass is 16.5. The van der Waals surface area contributed by atoms with E-state index in [4.69, 9.17) is 24.4 Å². The Hall–Kier alpha value is -1.40. The van der Waals surface area contributed by atoms with Crippen LogP contribution in [0.25, 0.3) is 11.0 Å². The van der Waals surface area contributed by atoms with E-state index in [-0.39, 0.29) is 0 Å². The summed E-state index contributed by atoms with van der Waals surface area (Å²) in [5.74, 6) is 0.804. The standard InChI is InChI=1S/C16H23NO4/c1-18-7-4-8-19-9-10-20-12-16-14(11-17)13-5-2-3-6-15(13)21-16/h2-3,5-6H,4,7-12,17H2,1H3. The largest absolute Gasteiger partial charge is 0.458 e. The third-order valence-electron chi connectivity index (χ3n) is 3.23. The molecule has 0 fully saturated rings. The Morgan fingerprint density at radius 2 is 1.86 bits per heavy atom. The van der Waals surface area contributed by atoms with Gasteiger partial charge >= 0.3 is 0 Å². The molecule has 1 heterocycles. The normalized spacial score (nSPS) is 11.3. The molecule has 0 aliphatic rings. The molecule has 0 atom stereocenters. The summed E-state index contributed by atoms with van der Waals surface area (Å²) in [5, 5.41) is 1.06. The van der Waals surface area contributed by atoms with E-state index >= 15 is 0 Å². The number of hydrogen-bond donors (Lipinski definition) is 1. The Bertz CT molecular complexity index is 538. The van der Waals surface area contributed by atoms with Gasteiger partial charge in [-0.1, -0.05) is 18.2 Å². The minimum Gasteiger partial charge on any atom is -0.458 e. The molecular formula is C16H23NO4. The first kappa shape index (κ1) is 16.0. The molecule has 0 saturated carbocycles. The van der Waals surface area contributed by atoms with Crippen molar-refractivity contribution >= 4 is 11.0 Å². The van der Waals surface area contributed by atoms with Gasteiger partial charge in [0.2, 0.25) is 0 Å². The van der Waals surface area contributed by atoms with Crippen LogP contribution in [0.5, 0.6) is 0 Å². The van der Waals surface area contributed by atoms with Crippen LogP contribution in [0.3, 0.4) is 0 Å². The van der Waals surface area contributed by atoms with E-state index < -0.39 is 0 Å². The van der Waals surface area contributed by atoms with Gasteiger partial charge in [0.25, 0.3) is 0 Å². The van der Waals surface area contributed by atoms with Crippen molar-refractivity contribution in [2.75, 3.05) is 33.5 Å². The third-order valence-corrected chi connectivity index (χ3v) is 3.23. The van der Waals surface area contributed by atoms with Crippen LogP contribution in [0.15, 0.2) is 28.7 Å². The van der Waals surface area contributed by atoms with Gasteiger partial charge in [0, 0.05) is 37.8 Å². The van der Waals surface area contributed by atoms with Gasteiger partial charge < -0.3 is 24.4 Å². The predicted molar refractivity (Wildman–Crippen MR) is 81.1 cm³/mol. The van der Waals surface area contributed by atoms with Crippen LogP contribution < -0.4 is 5.73 Å². The molecule has 0 unspecified atom stereocenters. The second kappa shape index (κ2) is 8.79. The van der Waals surface area contributed by atoms with Gasteiger partial charge in [0.15, 0.2) is 0 Å². The Balaban J connectivity index is 1.76. The highest BCUT2D eigenvalue weighted by molar-refractivity contribution is 5.82. The molecule has 116 valence electrons. The first-order chi connectivity index (χ1) is 10.4. The molecule has 0 spiro atoms. The molecule has 2 N–H and O–H groups in total. The number of nitrogens with two attached hydrogens (primary N) is 1. The average molecular weight is 293 g/mol. The summed E-state index contributed by atoms with van der Waals surface area (Å²) < 4.78 is 21.8. The average Bonchev–Trinajstić information content (AvgIpc) is 2.87. The molecule has 0 saturated heterocycles. The lowest BCUT2D eigenvalue weighted by Gasteiger charge is -2.05. The fourth-order valence-corrected chi connectivity index (χ4v) is 2.18. The second-order valence-electron chi connectivity index (χ2n) is 4.72. The third kappa shape index (κ3) is 4.54. The van der Waals surface area contributed by atoms with Gasteiger partial charge in [-0.15, -0.1) is 0 Å². The second-order valence-corrected chi connectivity index (χ2v) is 4.72. The van der Waals surface area contributed by atoms with E-state index in [0.717, 1.165) is 35.3 Å². The highest BCUT2D eigenvalue weighted by Crippen LogP contribution is 2.25. The van der Waals surface area contributed by atoms with E-state index in [1.807, 2.05) is 24.3 Å². The predicted octanol–water partition coefficient (Wildman–Crippen LogP) is 2.46. The van der Waals surface area contributed by atoms with Crippen LogP contribution >= 0.6 is 0 Å². The molecule has 0 bridgehead atoms. The molecule has 5 heteroatoms. The van der Waals surface area contributed by atoms with E-state index in [1.165, 1.54) is 0 Å². The summed E-state index contributed by atoms with van der Waals surface area (Å²) >= 11 is 0. The van der Waals surface area contributed by atoms with Gasteiger partial charge in [-0.05, 0) is 12.5 Å². The zero-order chi connectivity index (χ0) is 14.9.